The second kappa shape index (κ2) is 6.88. The summed E-state index contributed by atoms with van der Waals surface area (Å²) in [6.45, 7) is 5.02. The number of para-hydroxylation sites is 1. The fourth-order valence-corrected chi connectivity index (χ4v) is 3.18. The van der Waals surface area contributed by atoms with E-state index < -0.39 is 11.7 Å². The molecule has 148 valence electrons. The maximum absolute atomic E-state index is 13.4. The quantitative estimate of drug-likeness (QED) is 0.587. The molecule has 1 aliphatic heterocycles. The van der Waals surface area contributed by atoms with E-state index in [0.29, 0.717) is 18.8 Å². The van der Waals surface area contributed by atoms with Crippen molar-refractivity contribution in [1.82, 2.24) is 15.0 Å². The number of rotatable bonds is 5. The first kappa shape index (κ1) is 18.4. The van der Waals surface area contributed by atoms with E-state index in [-0.39, 0.29) is 28.7 Å². The molecule has 0 saturated carbocycles. The van der Waals surface area contributed by atoms with Crippen LogP contribution in [-0.2, 0) is 12.6 Å². The molecule has 9 heteroatoms. The van der Waals surface area contributed by atoms with E-state index in [1.165, 1.54) is 0 Å². The van der Waals surface area contributed by atoms with Crippen LogP contribution in [0.15, 0.2) is 24.4 Å². The van der Waals surface area contributed by atoms with Gasteiger partial charge in [0, 0.05) is 19.2 Å². The second-order valence-corrected chi connectivity index (χ2v) is 7.11. The Morgan fingerprint density at radius 2 is 2.07 bits per heavy atom. The van der Waals surface area contributed by atoms with Crippen LogP contribution in [0.4, 0.5) is 30.6 Å². The molecule has 0 atom stereocenters. The van der Waals surface area contributed by atoms with E-state index in [1.54, 1.807) is 0 Å². The molecule has 3 N–H and O–H groups in total. The van der Waals surface area contributed by atoms with Crippen LogP contribution < -0.4 is 15.4 Å². The number of halogens is 3. The summed E-state index contributed by atoms with van der Waals surface area (Å²) < 4.78 is 45.8. The van der Waals surface area contributed by atoms with Crippen LogP contribution in [0.25, 0.3) is 11.0 Å². The zero-order valence-electron chi connectivity index (χ0n) is 15.4. The number of aromatic amines is 1. The van der Waals surface area contributed by atoms with E-state index in [0.717, 1.165) is 23.9 Å². The molecule has 0 radical (unpaired) electrons. The molecule has 0 saturated heterocycles. The average molecular weight is 391 g/mol. The number of nitrogens with one attached hydrogen (secondary N) is 3. The Balaban J connectivity index is 1.77. The molecule has 0 fully saturated rings. The number of benzene rings is 1. The van der Waals surface area contributed by atoms with Crippen molar-refractivity contribution >= 4 is 28.5 Å². The van der Waals surface area contributed by atoms with Gasteiger partial charge >= 0.3 is 6.18 Å². The van der Waals surface area contributed by atoms with Crippen LogP contribution in [0.2, 0.25) is 0 Å². The van der Waals surface area contributed by atoms with E-state index in [9.17, 15) is 13.2 Å². The normalized spacial score (nSPS) is 13.6. The third-order valence-corrected chi connectivity index (χ3v) is 4.48. The minimum Gasteiger partial charge on any atom is -0.491 e. The highest BCUT2D eigenvalue weighted by Gasteiger charge is 2.35. The summed E-state index contributed by atoms with van der Waals surface area (Å²) in [5, 5.41) is 6.04. The maximum Gasteiger partial charge on any atom is 0.418 e. The van der Waals surface area contributed by atoms with Crippen LogP contribution in [-0.4, -0.2) is 28.1 Å². The third-order valence-electron chi connectivity index (χ3n) is 4.48. The van der Waals surface area contributed by atoms with Crippen molar-refractivity contribution in [3.63, 3.8) is 0 Å². The summed E-state index contributed by atoms with van der Waals surface area (Å²) in [6, 6.07) is 5.70. The van der Waals surface area contributed by atoms with Crippen LogP contribution >= 0.6 is 0 Å². The first-order chi connectivity index (χ1) is 13.3. The molecule has 4 rings (SSSR count). The SMILES string of the molecule is CC(C)CNc1nc(Nc2cccc3c2OCC3)nc2[nH]cc(C(F)(F)F)c12. The van der Waals surface area contributed by atoms with Gasteiger partial charge in [-0.25, -0.2) is 0 Å². The van der Waals surface area contributed by atoms with E-state index in [4.69, 9.17) is 4.74 Å². The largest absolute Gasteiger partial charge is 0.491 e. The zero-order valence-corrected chi connectivity index (χ0v) is 15.4. The van der Waals surface area contributed by atoms with Gasteiger partial charge in [0.05, 0.1) is 23.2 Å². The lowest BCUT2D eigenvalue weighted by atomic mass is 10.1. The standard InChI is InChI=1S/C19H20F3N5O/c1-10(2)8-23-16-14-12(19(20,21)22)9-24-17(14)27-18(26-16)25-13-5-3-4-11-6-7-28-15(11)13/h3-5,9-10H,6-8H2,1-2H3,(H3,23,24,25,26,27). The van der Waals surface area contributed by atoms with Gasteiger partial charge in [0.2, 0.25) is 5.95 Å². The molecule has 0 bridgehead atoms. The molecule has 6 nitrogen and oxygen atoms in total. The first-order valence-corrected chi connectivity index (χ1v) is 9.05. The molecule has 2 aromatic heterocycles. The van der Waals surface area contributed by atoms with Gasteiger partial charge in [-0.15, -0.1) is 0 Å². The number of ether oxygens (including phenoxy) is 1. The third kappa shape index (κ3) is 3.44. The molecule has 0 amide bonds. The van der Waals surface area contributed by atoms with Gasteiger partial charge in [0.15, 0.2) is 0 Å². The minimum absolute atomic E-state index is 0.0618. The van der Waals surface area contributed by atoms with Gasteiger partial charge in [-0.1, -0.05) is 26.0 Å². The lowest BCUT2D eigenvalue weighted by molar-refractivity contribution is -0.136. The van der Waals surface area contributed by atoms with Crippen molar-refractivity contribution in [2.24, 2.45) is 5.92 Å². The fraction of sp³-hybridized carbons (Fsp3) is 0.368. The summed E-state index contributed by atoms with van der Waals surface area (Å²) in [6.07, 6.45) is -2.76. The van der Waals surface area contributed by atoms with E-state index >= 15 is 0 Å². The van der Waals surface area contributed by atoms with Crippen molar-refractivity contribution in [3.05, 3.63) is 35.5 Å². The van der Waals surface area contributed by atoms with Crippen LogP contribution in [0, 0.1) is 5.92 Å². The summed E-state index contributed by atoms with van der Waals surface area (Å²) in [4.78, 5) is 11.2. The number of nitrogens with zero attached hydrogens (tertiary/aromatic N) is 2. The molecule has 1 aromatic carbocycles. The number of alkyl halides is 3. The van der Waals surface area contributed by atoms with E-state index in [1.807, 2.05) is 32.0 Å². The topological polar surface area (TPSA) is 74.9 Å². The van der Waals surface area contributed by atoms with Gasteiger partial charge in [-0.3, -0.25) is 0 Å². The highest BCUT2D eigenvalue weighted by atomic mass is 19.4. The molecule has 1 aliphatic rings. The maximum atomic E-state index is 13.4. The van der Waals surface area contributed by atoms with Crippen LogP contribution in [0.5, 0.6) is 5.75 Å². The number of hydrogen-bond donors (Lipinski definition) is 3. The van der Waals surface area contributed by atoms with Gasteiger partial charge in [0.1, 0.15) is 17.2 Å². The Morgan fingerprint density at radius 1 is 1.25 bits per heavy atom. The second-order valence-electron chi connectivity index (χ2n) is 7.11. The Hall–Kier alpha value is -2.97. The first-order valence-electron chi connectivity index (χ1n) is 9.05. The number of anilines is 3. The molecule has 28 heavy (non-hydrogen) atoms. The smallest absolute Gasteiger partial charge is 0.418 e. The molecule has 0 unspecified atom stereocenters. The highest BCUT2D eigenvalue weighted by molar-refractivity contribution is 5.92. The minimum atomic E-state index is -4.50. The van der Waals surface area contributed by atoms with Crippen molar-refractivity contribution in [2.45, 2.75) is 26.4 Å². The number of fused-ring (bicyclic) bond motifs is 2. The molecule has 3 heterocycles. The van der Waals surface area contributed by atoms with E-state index in [2.05, 4.69) is 25.6 Å². The molecular formula is C19H20F3N5O. The van der Waals surface area contributed by atoms with Gasteiger partial charge in [-0.05, 0) is 17.5 Å². The van der Waals surface area contributed by atoms with Crippen molar-refractivity contribution in [3.8, 4) is 5.75 Å². The molecular weight excluding hydrogens is 371 g/mol. The van der Waals surface area contributed by atoms with Crippen LogP contribution in [0.3, 0.4) is 0 Å². The highest BCUT2D eigenvalue weighted by Crippen LogP contribution is 2.39. The predicted molar refractivity (Wildman–Crippen MR) is 101 cm³/mol. The summed E-state index contributed by atoms with van der Waals surface area (Å²) in [7, 11) is 0. The number of H-pyrrole nitrogens is 1. The average Bonchev–Trinajstić information content (AvgIpc) is 3.26. The van der Waals surface area contributed by atoms with Crippen molar-refractivity contribution < 1.29 is 17.9 Å². The molecule has 0 aliphatic carbocycles. The summed E-state index contributed by atoms with van der Waals surface area (Å²) >= 11 is 0. The van der Waals surface area contributed by atoms with Crippen molar-refractivity contribution in [1.29, 1.82) is 0 Å². The summed E-state index contributed by atoms with van der Waals surface area (Å²) in [5.41, 5.74) is 1.09. The molecule has 3 aromatic rings. The van der Waals surface area contributed by atoms with Gasteiger partial charge in [0.25, 0.3) is 0 Å². The lowest BCUT2D eigenvalue weighted by Gasteiger charge is -2.14. The Kier molecular flexibility index (Phi) is 4.52. The predicted octanol–water partition coefficient (Wildman–Crippen LogP) is 4.72. The zero-order chi connectivity index (χ0) is 19.9. The van der Waals surface area contributed by atoms with Gasteiger partial charge in [-0.2, -0.15) is 23.1 Å². The Labute approximate surface area is 159 Å². The Morgan fingerprint density at radius 3 is 2.82 bits per heavy atom. The fourth-order valence-electron chi connectivity index (χ4n) is 3.18. The molecule has 0 spiro atoms. The monoisotopic (exact) mass is 391 g/mol. The lowest BCUT2D eigenvalue weighted by Crippen LogP contribution is -2.12. The van der Waals surface area contributed by atoms with Gasteiger partial charge < -0.3 is 20.4 Å². The number of hydrogen-bond acceptors (Lipinski definition) is 5. The van der Waals surface area contributed by atoms with Crippen LogP contribution in [0.1, 0.15) is 25.0 Å². The van der Waals surface area contributed by atoms with Crippen molar-refractivity contribution in [2.75, 3.05) is 23.8 Å². The summed E-state index contributed by atoms with van der Waals surface area (Å²) in [5.74, 6) is 1.30. The number of aromatic nitrogens is 3. The Bertz CT molecular complexity index is 1010.